The fourth-order valence-corrected chi connectivity index (χ4v) is 1.46. The summed E-state index contributed by atoms with van der Waals surface area (Å²) in [4.78, 5) is 34.2. The van der Waals surface area contributed by atoms with Crippen molar-refractivity contribution in [2.24, 2.45) is 10.9 Å². The van der Waals surface area contributed by atoms with Gasteiger partial charge in [-0.05, 0) is 13.2 Å². The molecule has 19 heavy (non-hydrogen) atoms. The third kappa shape index (κ3) is 4.66. The van der Waals surface area contributed by atoms with Crippen molar-refractivity contribution >= 4 is 35.7 Å². The molecule has 0 saturated carbocycles. The van der Waals surface area contributed by atoms with Gasteiger partial charge in [-0.25, -0.2) is 15.0 Å². The minimum Gasteiger partial charge on any atom is -0.480 e. The number of nitrogens with zero attached hydrogens (tertiary/aromatic N) is 3. The molecule has 0 aromatic carbocycles. The maximum absolute atomic E-state index is 11.4. The molecule has 0 aliphatic rings. The van der Waals surface area contributed by atoms with Crippen LogP contribution in [0.25, 0.3) is 0 Å². The number of aliphatic imine (C=N–C) groups is 1. The summed E-state index contributed by atoms with van der Waals surface area (Å²) < 4.78 is 4.65. The molecule has 1 unspecified atom stereocenters. The minimum absolute atomic E-state index is 0.112. The number of carbonyl (C=O) groups is 2. The number of esters is 1. The van der Waals surface area contributed by atoms with E-state index in [1.54, 1.807) is 6.92 Å². The first-order chi connectivity index (χ1) is 9.08. The molecule has 1 aromatic heterocycles. The number of hydrogen-bond acceptors (Lipinski definition) is 7. The number of carboxylic acids is 1. The summed E-state index contributed by atoms with van der Waals surface area (Å²) in [5.74, 6) is -3.32. The third-order valence-electron chi connectivity index (χ3n) is 1.96. The first-order valence-corrected chi connectivity index (χ1v) is 6.61. The largest absolute Gasteiger partial charge is 0.480 e. The van der Waals surface area contributed by atoms with E-state index < -0.39 is 17.9 Å². The summed E-state index contributed by atoms with van der Waals surface area (Å²) >= 11 is 1.33. The first kappa shape index (κ1) is 15.1. The van der Waals surface area contributed by atoms with Crippen LogP contribution in [-0.2, 0) is 14.3 Å². The molecule has 0 saturated heterocycles. The number of aliphatic carboxylic acids is 1. The first-order valence-electron chi connectivity index (χ1n) is 5.39. The Morgan fingerprint density at radius 1 is 1.63 bits per heavy atom. The number of carbonyl (C=O) groups excluding carboxylic acids is 1. The molecule has 0 aliphatic heterocycles. The average molecular weight is 283 g/mol. The predicted octanol–water partition coefficient (Wildman–Crippen LogP) is 1.16. The van der Waals surface area contributed by atoms with Crippen LogP contribution in [0, 0.1) is 5.92 Å². The lowest BCUT2D eigenvalue weighted by atomic mass is 10.2. The van der Waals surface area contributed by atoms with Crippen LogP contribution in [0.2, 0.25) is 0 Å². The van der Waals surface area contributed by atoms with Crippen molar-refractivity contribution in [2.45, 2.75) is 12.1 Å². The predicted molar refractivity (Wildman–Crippen MR) is 69.7 cm³/mol. The maximum Gasteiger partial charge on any atom is 0.325 e. The SMILES string of the molecule is CCOC(=O)C(C=Nc1ccnc(SC)n1)C(=O)O. The standard InChI is InChI=1S/C11H13N3O4S/c1-3-18-10(17)7(9(15)16)6-13-8-4-5-12-11(14-8)19-2/h4-7H,3H2,1-2H3,(H,15,16). The Bertz CT molecular complexity index is 493. The van der Waals surface area contributed by atoms with E-state index in [2.05, 4.69) is 19.7 Å². The van der Waals surface area contributed by atoms with Crippen LogP contribution in [0.15, 0.2) is 22.4 Å². The van der Waals surface area contributed by atoms with Gasteiger partial charge in [0.2, 0.25) is 0 Å². The normalized spacial score (nSPS) is 12.3. The molecule has 1 N–H and O–H groups in total. The van der Waals surface area contributed by atoms with E-state index in [0.29, 0.717) is 5.16 Å². The Labute approximate surface area is 114 Å². The van der Waals surface area contributed by atoms with Gasteiger partial charge in [0.1, 0.15) is 0 Å². The Kier molecular flexibility index (Phi) is 5.94. The van der Waals surface area contributed by atoms with Crippen LogP contribution < -0.4 is 0 Å². The number of thioether (sulfide) groups is 1. The van der Waals surface area contributed by atoms with E-state index in [4.69, 9.17) is 5.11 Å². The van der Waals surface area contributed by atoms with Gasteiger partial charge in [0, 0.05) is 18.5 Å². The average Bonchev–Trinajstić information content (AvgIpc) is 2.39. The van der Waals surface area contributed by atoms with E-state index in [0.717, 1.165) is 6.21 Å². The van der Waals surface area contributed by atoms with Crippen LogP contribution >= 0.6 is 11.8 Å². The molecule has 0 fully saturated rings. The van der Waals surface area contributed by atoms with Crippen LogP contribution in [0.5, 0.6) is 0 Å². The van der Waals surface area contributed by atoms with Crippen molar-refractivity contribution in [3.63, 3.8) is 0 Å². The fourth-order valence-electron chi connectivity index (χ4n) is 1.11. The van der Waals surface area contributed by atoms with Gasteiger partial charge in [-0.2, -0.15) is 0 Å². The molecule has 0 spiro atoms. The second-order valence-corrected chi connectivity index (χ2v) is 4.02. The molecule has 1 aromatic rings. The van der Waals surface area contributed by atoms with Gasteiger partial charge in [0.05, 0.1) is 6.61 Å². The van der Waals surface area contributed by atoms with Gasteiger partial charge >= 0.3 is 11.9 Å². The summed E-state index contributed by atoms with van der Waals surface area (Å²) in [6.07, 6.45) is 4.32. The second-order valence-electron chi connectivity index (χ2n) is 3.25. The van der Waals surface area contributed by atoms with Crippen molar-refractivity contribution in [1.29, 1.82) is 0 Å². The van der Waals surface area contributed by atoms with E-state index in [1.165, 1.54) is 24.0 Å². The molecule has 0 bridgehead atoms. The zero-order valence-corrected chi connectivity index (χ0v) is 11.3. The molecule has 0 aliphatic carbocycles. The Hall–Kier alpha value is -1.96. The lowest BCUT2D eigenvalue weighted by Crippen LogP contribution is -2.27. The van der Waals surface area contributed by atoms with Crippen molar-refractivity contribution in [1.82, 2.24) is 9.97 Å². The molecule has 1 rings (SSSR count). The van der Waals surface area contributed by atoms with Gasteiger partial charge < -0.3 is 9.84 Å². The molecule has 8 heteroatoms. The molecule has 7 nitrogen and oxygen atoms in total. The van der Waals surface area contributed by atoms with E-state index in [9.17, 15) is 9.59 Å². The van der Waals surface area contributed by atoms with E-state index >= 15 is 0 Å². The number of carboxylic acid groups (broad SMARTS) is 1. The van der Waals surface area contributed by atoms with Gasteiger partial charge in [-0.3, -0.25) is 9.59 Å². The number of hydrogen-bond donors (Lipinski definition) is 1. The van der Waals surface area contributed by atoms with E-state index in [-0.39, 0.29) is 12.4 Å². The van der Waals surface area contributed by atoms with Crippen LogP contribution in [-0.4, -0.2) is 46.1 Å². The molecule has 102 valence electrons. The van der Waals surface area contributed by atoms with E-state index in [1.807, 2.05) is 6.26 Å². The number of ether oxygens (including phenoxy) is 1. The Balaban J connectivity index is 2.86. The van der Waals surface area contributed by atoms with Gasteiger partial charge in [-0.1, -0.05) is 11.8 Å². The summed E-state index contributed by atoms with van der Waals surface area (Å²) in [6.45, 7) is 1.71. The van der Waals surface area contributed by atoms with Gasteiger partial charge in [0.25, 0.3) is 0 Å². The quantitative estimate of drug-likeness (QED) is 0.275. The summed E-state index contributed by atoms with van der Waals surface area (Å²) in [6, 6.07) is 1.51. The van der Waals surface area contributed by atoms with Crippen LogP contribution in [0.1, 0.15) is 6.92 Å². The molecular formula is C11H13N3O4S. The lowest BCUT2D eigenvalue weighted by molar-refractivity contribution is -0.154. The number of rotatable bonds is 6. The Morgan fingerprint density at radius 2 is 2.37 bits per heavy atom. The highest BCUT2D eigenvalue weighted by molar-refractivity contribution is 7.98. The van der Waals surface area contributed by atoms with Crippen molar-refractivity contribution in [3.8, 4) is 0 Å². The van der Waals surface area contributed by atoms with Gasteiger partial charge in [0.15, 0.2) is 16.9 Å². The summed E-state index contributed by atoms with van der Waals surface area (Å²) in [5.41, 5.74) is 0. The highest BCUT2D eigenvalue weighted by Crippen LogP contribution is 2.13. The highest BCUT2D eigenvalue weighted by atomic mass is 32.2. The monoisotopic (exact) mass is 283 g/mol. The number of aromatic nitrogens is 2. The zero-order chi connectivity index (χ0) is 14.3. The molecule has 1 atom stereocenters. The highest BCUT2D eigenvalue weighted by Gasteiger charge is 2.25. The van der Waals surface area contributed by atoms with Crippen molar-refractivity contribution in [2.75, 3.05) is 12.9 Å². The second kappa shape index (κ2) is 7.47. The molecular weight excluding hydrogens is 270 g/mol. The smallest absolute Gasteiger partial charge is 0.325 e. The van der Waals surface area contributed by atoms with Gasteiger partial charge in [-0.15, -0.1) is 0 Å². The molecule has 1 heterocycles. The summed E-state index contributed by atoms with van der Waals surface area (Å²) in [7, 11) is 0. The molecule has 0 amide bonds. The van der Waals surface area contributed by atoms with Crippen LogP contribution in [0.3, 0.4) is 0 Å². The zero-order valence-electron chi connectivity index (χ0n) is 10.4. The third-order valence-corrected chi connectivity index (χ3v) is 2.53. The molecule has 0 radical (unpaired) electrons. The van der Waals surface area contributed by atoms with Crippen molar-refractivity contribution in [3.05, 3.63) is 12.3 Å². The van der Waals surface area contributed by atoms with Crippen molar-refractivity contribution < 1.29 is 19.4 Å². The van der Waals surface area contributed by atoms with Crippen LogP contribution in [0.4, 0.5) is 5.82 Å². The lowest BCUT2D eigenvalue weighted by Gasteiger charge is -2.05. The fraction of sp³-hybridized carbons (Fsp3) is 0.364. The Morgan fingerprint density at radius 3 is 2.95 bits per heavy atom. The topological polar surface area (TPSA) is 102 Å². The maximum atomic E-state index is 11.4. The minimum atomic E-state index is -1.44. The summed E-state index contributed by atoms with van der Waals surface area (Å²) in [5, 5.41) is 9.43.